The summed E-state index contributed by atoms with van der Waals surface area (Å²) in [4.78, 5) is 0. The van der Waals surface area contributed by atoms with Crippen LogP contribution < -0.4 is 5.32 Å². The van der Waals surface area contributed by atoms with E-state index in [1.165, 1.54) is 32.1 Å². The van der Waals surface area contributed by atoms with Crippen LogP contribution in [0.3, 0.4) is 0 Å². The van der Waals surface area contributed by atoms with E-state index in [4.69, 9.17) is 4.74 Å². The molecule has 3 atom stereocenters. The van der Waals surface area contributed by atoms with Gasteiger partial charge < -0.3 is 10.1 Å². The SMILES string of the molecule is CCCNC(COCCC)C1CCC(CC)C1. The van der Waals surface area contributed by atoms with Crippen molar-refractivity contribution in [2.75, 3.05) is 19.8 Å². The Morgan fingerprint density at radius 2 is 2.00 bits per heavy atom. The minimum Gasteiger partial charge on any atom is -0.380 e. The van der Waals surface area contributed by atoms with Crippen LogP contribution in [0.2, 0.25) is 0 Å². The zero-order chi connectivity index (χ0) is 12.5. The first kappa shape index (κ1) is 15.0. The first-order chi connectivity index (χ1) is 8.31. The third-order valence-corrected chi connectivity index (χ3v) is 4.03. The minimum absolute atomic E-state index is 0.595. The summed E-state index contributed by atoms with van der Waals surface area (Å²) in [6, 6.07) is 0.595. The number of nitrogens with one attached hydrogen (secondary N) is 1. The fourth-order valence-electron chi connectivity index (χ4n) is 2.90. The maximum atomic E-state index is 5.76. The van der Waals surface area contributed by atoms with Gasteiger partial charge in [-0.2, -0.15) is 0 Å². The summed E-state index contributed by atoms with van der Waals surface area (Å²) >= 11 is 0. The Bertz CT molecular complexity index is 184. The van der Waals surface area contributed by atoms with Gasteiger partial charge in [-0.05, 0) is 44.1 Å². The van der Waals surface area contributed by atoms with Crippen LogP contribution in [0.4, 0.5) is 0 Å². The quantitative estimate of drug-likeness (QED) is 0.623. The molecule has 17 heavy (non-hydrogen) atoms. The highest BCUT2D eigenvalue weighted by Gasteiger charge is 2.29. The third kappa shape index (κ3) is 5.39. The predicted octanol–water partition coefficient (Wildman–Crippen LogP) is 3.61. The lowest BCUT2D eigenvalue weighted by atomic mass is 9.96. The Hall–Kier alpha value is -0.0800. The summed E-state index contributed by atoms with van der Waals surface area (Å²) in [5.41, 5.74) is 0. The third-order valence-electron chi connectivity index (χ3n) is 4.03. The summed E-state index contributed by atoms with van der Waals surface area (Å²) in [7, 11) is 0. The van der Waals surface area contributed by atoms with Crippen molar-refractivity contribution in [3.05, 3.63) is 0 Å². The zero-order valence-corrected chi connectivity index (χ0v) is 12.0. The maximum absolute atomic E-state index is 5.76. The maximum Gasteiger partial charge on any atom is 0.0622 e. The normalized spacial score (nSPS) is 26.3. The smallest absolute Gasteiger partial charge is 0.0622 e. The van der Waals surface area contributed by atoms with Crippen molar-refractivity contribution in [1.29, 1.82) is 0 Å². The van der Waals surface area contributed by atoms with Crippen molar-refractivity contribution in [1.82, 2.24) is 5.32 Å². The van der Waals surface area contributed by atoms with Crippen LogP contribution in [0.25, 0.3) is 0 Å². The van der Waals surface area contributed by atoms with Gasteiger partial charge in [0.05, 0.1) is 6.61 Å². The molecule has 102 valence electrons. The standard InChI is InChI=1S/C15H31NO/c1-4-9-16-15(12-17-10-5-2)14-8-7-13(6-3)11-14/h13-16H,4-12H2,1-3H3. The van der Waals surface area contributed by atoms with E-state index in [2.05, 4.69) is 26.1 Å². The van der Waals surface area contributed by atoms with Crippen molar-refractivity contribution in [2.45, 2.75) is 65.3 Å². The van der Waals surface area contributed by atoms with Gasteiger partial charge >= 0.3 is 0 Å². The molecule has 0 heterocycles. The van der Waals surface area contributed by atoms with Gasteiger partial charge in [0, 0.05) is 12.6 Å². The van der Waals surface area contributed by atoms with E-state index in [-0.39, 0.29) is 0 Å². The van der Waals surface area contributed by atoms with E-state index in [9.17, 15) is 0 Å². The first-order valence-corrected chi connectivity index (χ1v) is 7.62. The van der Waals surface area contributed by atoms with Gasteiger partial charge in [-0.25, -0.2) is 0 Å². The average Bonchev–Trinajstić information content (AvgIpc) is 2.82. The highest BCUT2D eigenvalue weighted by molar-refractivity contribution is 4.84. The van der Waals surface area contributed by atoms with Gasteiger partial charge in [0.25, 0.3) is 0 Å². The zero-order valence-electron chi connectivity index (χ0n) is 12.0. The number of hydrogen-bond acceptors (Lipinski definition) is 2. The van der Waals surface area contributed by atoms with Crippen LogP contribution in [-0.4, -0.2) is 25.8 Å². The number of hydrogen-bond donors (Lipinski definition) is 1. The molecular weight excluding hydrogens is 210 g/mol. The number of ether oxygens (including phenoxy) is 1. The van der Waals surface area contributed by atoms with Crippen LogP contribution in [0, 0.1) is 11.8 Å². The molecule has 1 fully saturated rings. The van der Waals surface area contributed by atoms with Crippen molar-refractivity contribution in [3.63, 3.8) is 0 Å². The largest absolute Gasteiger partial charge is 0.380 e. The fraction of sp³-hybridized carbons (Fsp3) is 1.00. The molecule has 0 aromatic rings. The van der Waals surface area contributed by atoms with Gasteiger partial charge in [-0.1, -0.05) is 33.6 Å². The van der Waals surface area contributed by atoms with Crippen LogP contribution in [0.5, 0.6) is 0 Å². The van der Waals surface area contributed by atoms with Gasteiger partial charge in [0.1, 0.15) is 0 Å². The van der Waals surface area contributed by atoms with Gasteiger partial charge in [0.15, 0.2) is 0 Å². The molecule has 2 nitrogen and oxygen atoms in total. The van der Waals surface area contributed by atoms with Crippen molar-refractivity contribution < 1.29 is 4.74 Å². The van der Waals surface area contributed by atoms with Gasteiger partial charge in [-0.3, -0.25) is 0 Å². The van der Waals surface area contributed by atoms with Crippen LogP contribution >= 0.6 is 0 Å². The van der Waals surface area contributed by atoms with Crippen molar-refractivity contribution in [2.24, 2.45) is 11.8 Å². The topological polar surface area (TPSA) is 21.3 Å². The molecular formula is C15H31NO. The second-order valence-electron chi connectivity index (χ2n) is 5.48. The molecule has 0 aliphatic heterocycles. The first-order valence-electron chi connectivity index (χ1n) is 7.62. The monoisotopic (exact) mass is 241 g/mol. The molecule has 0 aromatic heterocycles. The predicted molar refractivity (Wildman–Crippen MR) is 74.3 cm³/mol. The minimum atomic E-state index is 0.595. The average molecular weight is 241 g/mol. The lowest BCUT2D eigenvalue weighted by Crippen LogP contribution is -2.39. The molecule has 3 unspecified atom stereocenters. The Kier molecular flexibility index (Phi) is 7.87. The van der Waals surface area contributed by atoms with E-state index in [1.807, 2.05) is 0 Å². The molecule has 0 aromatic carbocycles. The van der Waals surface area contributed by atoms with Gasteiger partial charge in [-0.15, -0.1) is 0 Å². The second kappa shape index (κ2) is 8.93. The van der Waals surface area contributed by atoms with Crippen LogP contribution in [0.1, 0.15) is 59.3 Å². The number of rotatable bonds is 9. The van der Waals surface area contributed by atoms with Crippen LogP contribution in [0.15, 0.2) is 0 Å². The summed E-state index contributed by atoms with van der Waals surface area (Å²) in [6.07, 6.45) is 7.94. The fourth-order valence-corrected chi connectivity index (χ4v) is 2.90. The summed E-state index contributed by atoms with van der Waals surface area (Å²) < 4.78 is 5.76. The molecule has 1 N–H and O–H groups in total. The lowest BCUT2D eigenvalue weighted by Gasteiger charge is -2.25. The van der Waals surface area contributed by atoms with E-state index in [0.717, 1.165) is 38.0 Å². The van der Waals surface area contributed by atoms with Gasteiger partial charge in [0.2, 0.25) is 0 Å². The summed E-state index contributed by atoms with van der Waals surface area (Å²) in [5.74, 6) is 1.82. The second-order valence-corrected chi connectivity index (χ2v) is 5.48. The van der Waals surface area contributed by atoms with Crippen molar-refractivity contribution >= 4 is 0 Å². The summed E-state index contributed by atoms with van der Waals surface area (Å²) in [5, 5.41) is 3.69. The molecule has 0 saturated heterocycles. The molecule has 1 saturated carbocycles. The van der Waals surface area contributed by atoms with E-state index in [0.29, 0.717) is 6.04 Å². The Balaban J connectivity index is 2.33. The highest BCUT2D eigenvalue weighted by Crippen LogP contribution is 2.35. The Labute approximate surface area is 108 Å². The molecule has 1 rings (SSSR count). The molecule has 1 aliphatic carbocycles. The summed E-state index contributed by atoms with van der Waals surface area (Å²) in [6.45, 7) is 9.70. The molecule has 0 amide bonds. The molecule has 2 heteroatoms. The molecule has 0 bridgehead atoms. The Morgan fingerprint density at radius 3 is 2.59 bits per heavy atom. The molecule has 0 spiro atoms. The highest BCUT2D eigenvalue weighted by atomic mass is 16.5. The van der Waals surface area contributed by atoms with E-state index >= 15 is 0 Å². The van der Waals surface area contributed by atoms with E-state index in [1.54, 1.807) is 0 Å². The lowest BCUT2D eigenvalue weighted by molar-refractivity contribution is 0.0932. The molecule has 0 radical (unpaired) electrons. The molecule has 1 aliphatic rings. The van der Waals surface area contributed by atoms with Crippen molar-refractivity contribution in [3.8, 4) is 0 Å². The Morgan fingerprint density at radius 1 is 1.18 bits per heavy atom. The van der Waals surface area contributed by atoms with Crippen LogP contribution in [-0.2, 0) is 4.74 Å². The van der Waals surface area contributed by atoms with E-state index < -0.39 is 0 Å².